The topological polar surface area (TPSA) is 114 Å². The van der Waals surface area contributed by atoms with Crippen molar-refractivity contribution in [1.29, 1.82) is 0 Å². The Morgan fingerprint density at radius 1 is 0.691 bits per heavy atom. The Morgan fingerprint density at radius 3 is 1.67 bits per heavy atom. The molecule has 20 heteroatoms. The van der Waals surface area contributed by atoms with E-state index in [1.54, 1.807) is 13.8 Å². The molecule has 0 aliphatic carbocycles. The van der Waals surface area contributed by atoms with Crippen molar-refractivity contribution < 1.29 is 99.7 Å². The van der Waals surface area contributed by atoms with Crippen molar-refractivity contribution in [3.63, 3.8) is 0 Å². The molecule has 0 unspecified atom stereocenters. The fourth-order valence-electron chi connectivity index (χ4n) is 5.29. The zero-order valence-corrected chi connectivity index (χ0v) is 30.4. The molecule has 0 radical (unpaired) electrons. The van der Waals surface area contributed by atoms with E-state index in [9.17, 15) is 58.3 Å². The minimum atomic E-state index is -5.34. The summed E-state index contributed by atoms with van der Waals surface area (Å²) in [5, 5.41) is 1.14. The lowest BCUT2D eigenvalue weighted by Gasteiger charge is -2.25. The van der Waals surface area contributed by atoms with E-state index in [2.05, 4.69) is 14.2 Å². The summed E-state index contributed by atoms with van der Waals surface area (Å²) in [7, 11) is 2.78. The maximum atomic E-state index is 14.8. The van der Waals surface area contributed by atoms with Gasteiger partial charge in [0.05, 0.1) is 38.0 Å². The zero-order chi connectivity index (χ0) is 40.9. The van der Waals surface area contributed by atoms with Gasteiger partial charge in [-0.2, -0.15) is 39.5 Å². The summed E-state index contributed by atoms with van der Waals surface area (Å²) in [4.78, 5) is 37.0. The summed E-state index contributed by atoms with van der Waals surface area (Å²) in [6.07, 6.45) is -22.0. The molecule has 2 N–H and O–H groups in total. The van der Waals surface area contributed by atoms with Crippen LogP contribution in [0.15, 0.2) is 48.5 Å². The van der Waals surface area contributed by atoms with Crippen LogP contribution < -0.4 is 22.5 Å². The summed E-state index contributed by atoms with van der Waals surface area (Å²) in [6, 6.07) is 3.88. The zero-order valence-electron chi connectivity index (χ0n) is 29.6. The number of hydrogen-bond donors (Lipinski definition) is 1. The van der Waals surface area contributed by atoms with E-state index in [1.165, 1.54) is 13.2 Å². The molecular formula is C35H34ClF10NO8. The number of halogens is 11. The number of carbonyl (C=O) groups is 3. The van der Waals surface area contributed by atoms with Gasteiger partial charge in [-0.05, 0) is 65.9 Å². The highest BCUT2D eigenvalue weighted by Gasteiger charge is 2.41. The first-order valence-corrected chi connectivity index (χ1v) is 15.7. The number of esters is 2. The molecule has 0 saturated heterocycles. The summed E-state index contributed by atoms with van der Waals surface area (Å²) in [5.74, 6) is -4.08. The highest BCUT2D eigenvalue weighted by Crippen LogP contribution is 2.40. The predicted molar refractivity (Wildman–Crippen MR) is 167 cm³/mol. The van der Waals surface area contributed by atoms with Gasteiger partial charge in [0.2, 0.25) is 0 Å². The number of rotatable bonds is 12. The monoisotopic (exact) mass is 821 g/mol. The Morgan fingerprint density at radius 2 is 1.22 bits per heavy atom. The standard InChI is InChI=1S/C35H33F10NO8.ClH/c1-16(2)24-13-25(27(50-4)14-26(24)36)23-8-7-20(33(37,38)39)11-19(23)15-46-17(3)28(53-32(49)54-29(30(47)51-5)31(48)52-6)18-9-21(34(40,41)42)12-22(10-18)35(43,44)45;/h7-14,16-17,28-29,46H,15H2,1-6H3;1H/t17-,28-;/m0./s1. The second kappa shape index (κ2) is 18.2. The molecule has 0 bridgehead atoms. The number of carbonyl (C=O) groups excluding carboxylic acids is 3. The summed E-state index contributed by atoms with van der Waals surface area (Å²) in [6.45, 7) is 4.00. The van der Waals surface area contributed by atoms with Crippen molar-refractivity contribution >= 4 is 18.1 Å². The molecule has 0 aliphatic heterocycles. The molecule has 3 rings (SSSR count). The third-order valence-corrected chi connectivity index (χ3v) is 8.06. The molecule has 0 amide bonds. The highest BCUT2D eigenvalue weighted by molar-refractivity contribution is 5.99. The predicted octanol–water partition coefficient (Wildman–Crippen LogP) is 4.75. The Kier molecular flexibility index (Phi) is 15.4. The lowest BCUT2D eigenvalue weighted by Crippen LogP contribution is -3.00. The molecule has 304 valence electrons. The second-order valence-corrected chi connectivity index (χ2v) is 12.1. The highest BCUT2D eigenvalue weighted by atomic mass is 35.5. The van der Waals surface area contributed by atoms with Crippen LogP contribution in [-0.2, 0) is 53.6 Å². The Balaban J connectivity index is 0.0000105. The molecule has 0 heterocycles. The van der Waals surface area contributed by atoms with Gasteiger partial charge in [0.15, 0.2) is 6.10 Å². The van der Waals surface area contributed by atoms with Crippen molar-refractivity contribution in [1.82, 2.24) is 0 Å². The van der Waals surface area contributed by atoms with Crippen LogP contribution >= 0.6 is 0 Å². The summed E-state index contributed by atoms with van der Waals surface area (Å²) < 4.78 is 163. The average molecular weight is 822 g/mol. The summed E-state index contributed by atoms with van der Waals surface area (Å²) >= 11 is 0. The van der Waals surface area contributed by atoms with E-state index >= 15 is 0 Å². The van der Waals surface area contributed by atoms with E-state index in [4.69, 9.17) is 9.47 Å². The third-order valence-electron chi connectivity index (χ3n) is 8.06. The normalized spacial score (nSPS) is 13.1. The van der Waals surface area contributed by atoms with Crippen LogP contribution in [0.5, 0.6) is 5.75 Å². The van der Waals surface area contributed by atoms with Gasteiger partial charge >= 0.3 is 36.6 Å². The molecule has 3 aromatic rings. The van der Waals surface area contributed by atoms with Crippen molar-refractivity contribution in [3.05, 3.63) is 87.7 Å². The molecule has 55 heavy (non-hydrogen) atoms. The van der Waals surface area contributed by atoms with Crippen LogP contribution in [-0.4, -0.2) is 51.6 Å². The Labute approximate surface area is 313 Å². The van der Waals surface area contributed by atoms with Gasteiger partial charge in [0, 0.05) is 17.2 Å². The molecular weight excluding hydrogens is 788 g/mol. The van der Waals surface area contributed by atoms with E-state index in [-0.39, 0.29) is 64.5 Å². The van der Waals surface area contributed by atoms with E-state index in [0.717, 1.165) is 50.7 Å². The first-order valence-electron chi connectivity index (χ1n) is 15.7. The minimum Gasteiger partial charge on any atom is -1.00 e. The van der Waals surface area contributed by atoms with Crippen molar-refractivity contribution in [2.24, 2.45) is 0 Å². The first-order chi connectivity index (χ1) is 24.9. The number of benzene rings is 3. The van der Waals surface area contributed by atoms with Gasteiger partial charge in [-0.1, -0.05) is 19.9 Å². The van der Waals surface area contributed by atoms with Gasteiger partial charge in [-0.15, -0.1) is 0 Å². The molecule has 0 fully saturated rings. The molecule has 0 spiro atoms. The quantitative estimate of drug-likeness (QED) is 0.121. The maximum absolute atomic E-state index is 14.8. The fraction of sp³-hybridized carbons (Fsp3) is 0.400. The SMILES string of the molecule is COC(=O)C(OC(=O)O[C@H](c1cc(C(F)(F)F)cc(C(F)(F)F)c1)[C@H](C)[NH2+]Cc1cc(C(F)(F)F)ccc1-c1cc(C(C)C)c(F)cc1OC)C(=O)OC.[Cl-]. The van der Waals surface area contributed by atoms with Crippen LogP contribution in [0.4, 0.5) is 48.7 Å². The number of nitrogens with two attached hydrogens (primary N) is 1. The smallest absolute Gasteiger partial charge is 0.510 e. The maximum Gasteiger partial charge on any atom is 0.510 e. The Bertz CT molecular complexity index is 1800. The molecule has 0 saturated carbocycles. The van der Waals surface area contributed by atoms with Crippen LogP contribution in [0.1, 0.15) is 66.2 Å². The largest absolute Gasteiger partial charge is 1.00 e. The minimum absolute atomic E-state index is 0. The second-order valence-electron chi connectivity index (χ2n) is 12.1. The molecule has 2 atom stereocenters. The van der Waals surface area contributed by atoms with Gasteiger partial charge in [-0.25, -0.2) is 18.8 Å². The van der Waals surface area contributed by atoms with Crippen LogP contribution in [0.25, 0.3) is 11.1 Å². The first kappa shape index (κ1) is 46.4. The molecule has 3 aromatic carbocycles. The fourth-order valence-corrected chi connectivity index (χ4v) is 5.29. The lowest BCUT2D eigenvalue weighted by atomic mass is 9.92. The van der Waals surface area contributed by atoms with Gasteiger partial charge in [0.1, 0.15) is 24.2 Å². The molecule has 9 nitrogen and oxygen atoms in total. The number of alkyl halides is 9. The van der Waals surface area contributed by atoms with Crippen LogP contribution in [0.2, 0.25) is 0 Å². The Hall–Kier alpha value is -4.78. The molecule has 0 aromatic heterocycles. The van der Waals surface area contributed by atoms with Crippen molar-refractivity contribution in [2.45, 2.75) is 70.0 Å². The van der Waals surface area contributed by atoms with Gasteiger partial charge < -0.3 is 41.4 Å². The molecule has 0 aliphatic rings. The number of ether oxygens (including phenoxy) is 5. The van der Waals surface area contributed by atoms with Gasteiger partial charge in [-0.3, -0.25) is 0 Å². The number of methoxy groups -OCH3 is 3. The lowest BCUT2D eigenvalue weighted by molar-refractivity contribution is -0.708. The van der Waals surface area contributed by atoms with Gasteiger partial charge in [0.25, 0.3) is 6.10 Å². The van der Waals surface area contributed by atoms with Crippen molar-refractivity contribution in [3.8, 4) is 16.9 Å². The van der Waals surface area contributed by atoms with E-state index in [1.807, 2.05) is 0 Å². The van der Waals surface area contributed by atoms with Crippen LogP contribution in [0.3, 0.4) is 0 Å². The van der Waals surface area contributed by atoms with E-state index < -0.39 is 89.5 Å². The summed E-state index contributed by atoms with van der Waals surface area (Å²) in [5.41, 5.74) is -5.28. The third kappa shape index (κ3) is 11.6. The number of quaternary nitrogens is 1. The average Bonchev–Trinajstić information content (AvgIpc) is 3.09. The number of hydrogen-bond acceptors (Lipinski definition) is 8. The van der Waals surface area contributed by atoms with Crippen LogP contribution in [0, 0.1) is 5.82 Å². The van der Waals surface area contributed by atoms with E-state index in [0.29, 0.717) is 0 Å². The van der Waals surface area contributed by atoms with Crippen molar-refractivity contribution in [2.75, 3.05) is 21.3 Å².